The molecule has 1 heterocycles. The van der Waals surface area contributed by atoms with Gasteiger partial charge in [-0.3, -0.25) is 4.98 Å². The van der Waals surface area contributed by atoms with E-state index in [-0.39, 0.29) is 0 Å². The Morgan fingerprint density at radius 1 is 1.26 bits per heavy atom. The van der Waals surface area contributed by atoms with Crippen LogP contribution in [0.2, 0.25) is 0 Å². The maximum atomic E-state index is 5.63. The molecule has 4 nitrogen and oxygen atoms in total. The fraction of sp³-hybridized carbons (Fsp3) is 0.667. The van der Waals surface area contributed by atoms with Crippen molar-refractivity contribution >= 4 is 0 Å². The molecule has 1 rings (SSSR count). The lowest BCUT2D eigenvalue weighted by atomic mass is 10.2. The number of rotatable bonds is 10. The monoisotopic (exact) mass is 266 g/mol. The van der Waals surface area contributed by atoms with E-state index in [1.165, 1.54) is 0 Å². The van der Waals surface area contributed by atoms with Crippen molar-refractivity contribution in [3.05, 3.63) is 24.0 Å². The molecule has 0 atom stereocenters. The summed E-state index contributed by atoms with van der Waals surface area (Å²) in [7, 11) is 0. The molecular weight excluding hydrogens is 240 g/mol. The van der Waals surface area contributed by atoms with E-state index >= 15 is 0 Å². The molecule has 0 saturated heterocycles. The summed E-state index contributed by atoms with van der Waals surface area (Å²) < 4.78 is 11.0. The first-order chi connectivity index (χ1) is 9.22. The topological polar surface area (TPSA) is 43.4 Å². The summed E-state index contributed by atoms with van der Waals surface area (Å²) in [5, 5.41) is 3.37. The lowest BCUT2D eigenvalue weighted by Gasteiger charge is -2.09. The van der Waals surface area contributed by atoms with Crippen LogP contribution in [0.4, 0.5) is 0 Å². The molecule has 0 spiro atoms. The van der Waals surface area contributed by atoms with Crippen LogP contribution >= 0.6 is 0 Å². The third-order valence-corrected chi connectivity index (χ3v) is 2.49. The summed E-state index contributed by atoms with van der Waals surface area (Å²) in [6, 6.07) is 3.86. The minimum absolute atomic E-state index is 0.586. The Labute approximate surface area is 116 Å². The van der Waals surface area contributed by atoms with Gasteiger partial charge in [0, 0.05) is 25.4 Å². The summed E-state index contributed by atoms with van der Waals surface area (Å²) in [6.07, 6.45) is 2.83. The smallest absolute Gasteiger partial charge is 0.122 e. The van der Waals surface area contributed by atoms with E-state index in [1.54, 1.807) is 6.20 Å². The zero-order valence-corrected chi connectivity index (χ0v) is 12.3. The summed E-state index contributed by atoms with van der Waals surface area (Å²) >= 11 is 0. The van der Waals surface area contributed by atoms with Crippen LogP contribution in [0.15, 0.2) is 18.3 Å². The fourth-order valence-electron chi connectivity index (χ4n) is 1.60. The van der Waals surface area contributed by atoms with Gasteiger partial charge in [0.25, 0.3) is 0 Å². The van der Waals surface area contributed by atoms with Crippen LogP contribution in [0.5, 0.6) is 5.75 Å². The van der Waals surface area contributed by atoms with Crippen molar-refractivity contribution in [2.24, 2.45) is 5.92 Å². The van der Waals surface area contributed by atoms with Crippen LogP contribution in [0.1, 0.15) is 32.9 Å². The van der Waals surface area contributed by atoms with Gasteiger partial charge in [0.15, 0.2) is 0 Å². The highest BCUT2D eigenvalue weighted by atomic mass is 16.5. The Hall–Kier alpha value is -1.13. The largest absolute Gasteiger partial charge is 0.491 e. The lowest BCUT2D eigenvalue weighted by Crippen LogP contribution is -2.19. The molecule has 1 aromatic heterocycles. The Morgan fingerprint density at radius 2 is 2.11 bits per heavy atom. The molecule has 19 heavy (non-hydrogen) atoms. The third-order valence-electron chi connectivity index (χ3n) is 2.49. The molecule has 0 bridgehead atoms. The van der Waals surface area contributed by atoms with E-state index in [9.17, 15) is 0 Å². The summed E-state index contributed by atoms with van der Waals surface area (Å²) in [6.45, 7) is 10.3. The van der Waals surface area contributed by atoms with Crippen LogP contribution in [-0.4, -0.2) is 31.3 Å². The van der Waals surface area contributed by atoms with Crippen LogP contribution in [-0.2, 0) is 11.3 Å². The van der Waals surface area contributed by atoms with Crippen molar-refractivity contribution in [1.82, 2.24) is 10.3 Å². The molecule has 0 aliphatic carbocycles. The first-order valence-electron chi connectivity index (χ1n) is 7.08. The molecule has 0 amide bonds. The Morgan fingerprint density at radius 3 is 2.84 bits per heavy atom. The summed E-state index contributed by atoms with van der Waals surface area (Å²) in [5.41, 5.74) is 1.01. The van der Waals surface area contributed by atoms with Gasteiger partial charge in [-0.15, -0.1) is 0 Å². The van der Waals surface area contributed by atoms with E-state index in [0.717, 1.165) is 37.6 Å². The second kappa shape index (κ2) is 9.75. The van der Waals surface area contributed by atoms with Gasteiger partial charge in [0.05, 0.1) is 12.3 Å². The average Bonchev–Trinajstić information content (AvgIpc) is 2.39. The van der Waals surface area contributed by atoms with Gasteiger partial charge in [-0.2, -0.15) is 0 Å². The summed E-state index contributed by atoms with van der Waals surface area (Å²) in [5.74, 6) is 1.51. The Bertz CT molecular complexity index is 343. The Balaban J connectivity index is 2.27. The minimum atomic E-state index is 0.586. The number of hydrogen-bond acceptors (Lipinski definition) is 4. The SMILES string of the molecule is CCCOCCOc1ccnc(CNCC(C)C)c1. The average molecular weight is 266 g/mol. The first-order valence-corrected chi connectivity index (χ1v) is 7.08. The normalized spacial score (nSPS) is 10.9. The van der Waals surface area contributed by atoms with E-state index in [0.29, 0.717) is 19.1 Å². The minimum Gasteiger partial charge on any atom is -0.491 e. The van der Waals surface area contributed by atoms with Gasteiger partial charge in [-0.05, 0) is 24.9 Å². The molecule has 0 radical (unpaired) electrons. The van der Waals surface area contributed by atoms with E-state index < -0.39 is 0 Å². The van der Waals surface area contributed by atoms with Gasteiger partial charge in [0.2, 0.25) is 0 Å². The fourth-order valence-corrected chi connectivity index (χ4v) is 1.60. The lowest BCUT2D eigenvalue weighted by molar-refractivity contribution is 0.101. The van der Waals surface area contributed by atoms with Gasteiger partial charge in [-0.25, -0.2) is 0 Å². The van der Waals surface area contributed by atoms with Crippen LogP contribution in [0.3, 0.4) is 0 Å². The number of ether oxygens (including phenoxy) is 2. The third kappa shape index (κ3) is 7.80. The molecule has 0 saturated carbocycles. The van der Waals surface area contributed by atoms with Crippen molar-refractivity contribution < 1.29 is 9.47 Å². The highest BCUT2D eigenvalue weighted by Gasteiger charge is 1.99. The maximum absolute atomic E-state index is 5.63. The predicted octanol–water partition coefficient (Wildman–Crippen LogP) is 2.63. The van der Waals surface area contributed by atoms with Crippen molar-refractivity contribution in [3.63, 3.8) is 0 Å². The number of nitrogens with one attached hydrogen (secondary N) is 1. The van der Waals surface area contributed by atoms with Crippen molar-refractivity contribution in [1.29, 1.82) is 0 Å². The molecule has 4 heteroatoms. The van der Waals surface area contributed by atoms with Crippen LogP contribution in [0, 0.1) is 5.92 Å². The van der Waals surface area contributed by atoms with Gasteiger partial charge in [0.1, 0.15) is 12.4 Å². The van der Waals surface area contributed by atoms with Crippen molar-refractivity contribution in [2.75, 3.05) is 26.4 Å². The standard InChI is InChI=1S/C15H26N2O2/c1-4-7-18-8-9-19-15-5-6-17-14(10-15)12-16-11-13(2)3/h5-6,10,13,16H,4,7-9,11-12H2,1-3H3. The predicted molar refractivity (Wildman–Crippen MR) is 77.4 cm³/mol. The van der Waals surface area contributed by atoms with E-state index in [2.05, 4.69) is 31.1 Å². The second-order valence-corrected chi connectivity index (χ2v) is 4.97. The Kier molecular flexibility index (Phi) is 8.18. The second-order valence-electron chi connectivity index (χ2n) is 4.97. The van der Waals surface area contributed by atoms with Crippen molar-refractivity contribution in [2.45, 2.75) is 33.7 Å². The molecule has 108 valence electrons. The van der Waals surface area contributed by atoms with E-state index in [1.807, 2.05) is 12.1 Å². The maximum Gasteiger partial charge on any atom is 0.122 e. The van der Waals surface area contributed by atoms with Gasteiger partial charge < -0.3 is 14.8 Å². The number of nitrogens with zero attached hydrogens (tertiary/aromatic N) is 1. The van der Waals surface area contributed by atoms with E-state index in [4.69, 9.17) is 9.47 Å². The van der Waals surface area contributed by atoms with Crippen molar-refractivity contribution in [3.8, 4) is 5.75 Å². The first kappa shape index (κ1) is 15.9. The highest BCUT2D eigenvalue weighted by molar-refractivity contribution is 5.22. The molecule has 0 aliphatic heterocycles. The van der Waals surface area contributed by atoms with Crippen LogP contribution < -0.4 is 10.1 Å². The van der Waals surface area contributed by atoms with Gasteiger partial charge >= 0.3 is 0 Å². The zero-order valence-electron chi connectivity index (χ0n) is 12.3. The quantitative estimate of drug-likeness (QED) is 0.661. The van der Waals surface area contributed by atoms with Crippen LogP contribution in [0.25, 0.3) is 0 Å². The number of hydrogen-bond donors (Lipinski definition) is 1. The molecule has 1 aromatic rings. The molecule has 1 N–H and O–H groups in total. The molecule has 0 unspecified atom stereocenters. The number of pyridine rings is 1. The molecule has 0 aromatic carbocycles. The van der Waals surface area contributed by atoms with Gasteiger partial charge in [-0.1, -0.05) is 20.8 Å². The number of aromatic nitrogens is 1. The zero-order chi connectivity index (χ0) is 13.9. The molecular formula is C15H26N2O2. The molecule has 0 fully saturated rings. The summed E-state index contributed by atoms with van der Waals surface area (Å²) in [4.78, 5) is 4.32. The highest BCUT2D eigenvalue weighted by Crippen LogP contribution is 2.10. The molecule has 0 aliphatic rings.